The van der Waals surface area contributed by atoms with Crippen LogP contribution in [0.25, 0.3) is 0 Å². The van der Waals surface area contributed by atoms with Gasteiger partial charge in [-0.05, 0) is 38.3 Å². The van der Waals surface area contributed by atoms with E-state index >= 15 is 0 Å². The minimum atomic E-state index is -0.444. The Kier molecular flexibility index (Phi) is 7.69. The lowest BCUT2D eigenvalue weighted by molar-refractivity contribution is -0.116. The number of ether oxygens (including phenoxy) is 1. The Hall–Kier alpha value is -2.85. The first-order chi connectivity index (χ1) is 14.9. The number of esters is 1. The highest BCUT2D eigenvalue weighted by atomic mass is 32.2. The van der Waals surface area contributed by atoms with Crippen LogP contribution in [-0.2, 0) is 22.5 Å². The zero-order valence-electron chi connectivity index (χ0n) is 17.7. The van der Waals surface area contributed by atoms with E-state index in [9.17, 15) is 9.59 Å². The van der Waals surface area contributed by atoms with Crippen molar-refractivity contribution in [3.8, 4) is 0 Å². The fraction of sp³-hybridized carbons (Fsp3) is 0.333. The summed E-state index contributed by atoms with van der Waals surface area (Å²) in [6, 6.07) is 10.1. The minimum absolute atomic E-state index is 0.0508. The number of carbonyl (C=O) groups excluding carboxylic acids is 2. The molecular weight excluding hydrogens is 434 g/mol. The number of nitrogen functional groups attached to an aromatic ring is 1. The summed E-state index contributed by atoms with van der Waals surface area (Å²) in [6.07, 6.45) is 0.862. The third-order valence-electron chi connectivity index (χ3n) is 4.63. The van der Waals surface area contributed by atoms with E-state index in [2.05, 4.69) is 27.6 Å². The predicted molar refractivity (Wildman–Crippen MR) is 124 cm³/mol. The quantitative estimate of drug-likeness (QED) is 0.371. The van der Waals surface area contributed by atoms with Crippen molar-refractivity contribution in [1.29, 1.82) is 0 Å². The summed E-state index contributed by atoms with van der Waals surface area (Å²) in [5, 5.41) is 11.9. The molecule has 0 aliphatic rings. The molecule has 2 heterocycles. The Morgan fingerprint density at radius 2 is 1.97 bits per heavy atom. The van der Waals surface area contributed by atoms with Crippen LogP contribution >= 0.6 is 23.1 Å². The molecule has 31 heavy (non-hydrogen) atoms. The topological polar surface area (TPSA) is 112 Å². The molecule has 0 atom stereocenters. The van der Waals surface area contributed by atoms with Gasteiger partial charge in [0.2, 0.25) is 11.9 Å². The Morgan fingerprint density at radius 1 is 1.23 bits per heavy atom. The number of thioether (sulfide) groups is 1. The Bertz CT molecular complexity index is 1060. The van der Waals surface area contributed by atoms with Gasteiger partial charge in [0.1, 0.15) is 11.5 Å². The number of nitrogens with one attached hydrogen (secondary N) is 1. The summed E-state index contributed by atoms with van der Waals surface area (Å²) in [7, 11) is 0. The van der Waals surface area contributed by atoms with E-state index < -0.39 is 5.97 Å². The molecule has 0 saturated carbocycles. The summed E-state index contributed by atoms with van der Waals surface area (Å²) in [5.41, 5.74) is 8.36. The Labute approximate surface area is 189 Å². The molecule has 3 rings (SSSR count). The van der Waals surface area contributed by atoms with Crippen LogP contribution in [0.15, 0.2) is 35.5 Å². The van der Waals surface area contributed by atoms with Crippen LogP contribution in [0.1, 0.15) is 33.3 Å². The molecule has 8 nitrogen and oxygen atoms in total. The maximum absolute atomic E-state index is 12.7. The fourth-order valence-corrected chi connectivity index (χ4v) is 4.93. The van der Waals surface area contributed by atoms with E-state index in [1.54, 1.807) is 11.5 Å². The zero-order chi connectivity index (χ0) is 22.4. The van der Waals surface area contributed by atoms with Gasteiger partial charge in [-0.3, -0.25) is 9.36 Å². The van der Waals surface area contributed by atoms with Crippen LogP contribution in [0.4, 0.5) is 10.9 Å². The second-order valence-electron chi connectivity index (χ2n) is 6.77. The van der Waals surface area contributed by atoms with Crippen LogP contribution in [0, 0.1) is 13.8 Å². The van der Waals surface area contributed by atoms with Crippen LogP contribution in [0.3, 0.4) is 0 Å². The average Bonchev–Trinajstić information content (AvgIpc) is 3.22. The first-order valence-electron chi connectivity index (χ1n) is 9.83. The summed E-state index contributed by atoms with van der Waals surface area (Å²) in [6.45, 7) is 5.70. The molecule has 0 saturated heterocycles. The molecule has 0 aliphatic heterocycles. The highest BCUT2D eigenvalue weighted by Gasteiger charge is 2.23. The van der Waals surface area contributed by atoms with Crippen molar-refractivity contribution >= 4 is 45.9 Å². The first kappa shape index (κ1) is 22.8. The van der Waals surface area contributed by atoms with E-state index in [-0.39, 0.29) is 25.0 Å². The van der Waals surface area contributed by atoms with Crippen LogP contribution < -0.4 is 11.1 Å². The molecule has 164 valence electrons. The van der Waals surface area contributed by atoms with Crippen molar-refractivity contribution in [2.24, 2.45) is 0 Å². The van der Waals surface area contributed by atoms with Gasteiger partial charge in [-0.1, -0.05) is 42.1 Å². The van der Waals surface area contributed by atoms with E-state index in [1.807, 2.05) is 32.0 Å². The number of hydrogen-bond donors (Lipinski definition) is 2. The maximum Gasteiger partial charge on any atom is 0.341 e. The SMILES string of the molecule is CCOC(=O)c1c(NC(=O)Cn2c(N)nnc2SCCc2ccccc2)sc(C)c1C. The molecule has 1 aromatic carbocycles. The van der Waals surface area contributed by atoms with Gasteiger partial charge in [0.15, 0.2) is 5.16 Å². The Balaban J connectivity index is 1.67. The van der Waals surface area contributed by atoms with Gasteiger partial charge in [-0.25, -0.2) is 4.79 Å². The molecule has 1 amide bonds. The molecule has 0 spiro atoms. The van der Waals surface area contributed by atoms with Gasteiger partial charge >= 0.3 is 5.97 Å². The second kappa shape index (κ2) is 10.5. The van der Waals surface area contributed by atoms with E-state index in [1.165, 1.54) is 28.7 Å². The smallest absolute Gasteiger partial charge is 0.341 e. The van der Waals surface area contributed by atoms with Gasteiger partial charge in [0.25, 0.3) is 0 Å². The van der Waals surface area contributed by atoms with Gasteiger partial charge in [-0.15, -0.1) is 21.5 Å². The zero-order valence-corrected chi connectivity index (χ0v) is 19.3. The van der Waals surface area contributed by atoms with E-state index in [0.717, 1.165) is 22.6 Å². The van der Waals surface area contributed by atoms with Gasteiger partial charge < -0.3 is 15.8 Å². The lowest BCUT2D eigenvalue weighted by Gasteiger charge is -2.10. The van der Waals surface area contributed by atoms with Crippen LogP contribution in [0.2, 0.25) is 0 Å². The number of benzene rings is 1. The van der Waals surface area contributed by atoms with Gasteiger partial charge in [-0.2, -0.15) is 0 Å². The molecular formula is C21H25N5O3S2. The van der Waals surface area contributed by atoms with Gasteiger partial charge in [0.05, 0.1) is 12.2 Å². The van der Waals surface area contributed by atoms with Crippen molar-refractivity contribution in [2.75, 3.05) is 23.4 Å². The van der Waals surface area contributed by atoms with Gasteiger partial charge in [0, 0.05) is 10.6 Å². The minimum Gasteiger partial charge on any atom is -0.462 e. The van der Waals surface area contributed by atoms with E-state index in [4.69, 9.17) is 10.5 Å². The average molecular weight is 460 g/mol. The highest BCUT2D eigenvalue weighted by molar-refractivity contribution is 7.99. The molecule has 0 radical (unpaired) electrons. The normalized spacial score (nSPS) is 10.8. The monoisotopic (exact) mass is 459 g/mol. The standard InChI is InChI=1S/C21H25N5O3S2/c1-4-29-19(28)17-13(2)14(3)31-18(17)23-16(27)12-26-20(22)24-25-21(26)30-11-10-15-8-6-5-7-9-15/h5-9H,4,10-12H2,1-3H3,(H2,22,24)(H,23,27). The van der Waals surface area contributed by atoms with Crippen LogP contribution in [-0.4, -0.2) is 39.0 Å². The molecule has 3 aromatic rings. The van der Waals surface area contributed by atoms with Crippen molar-refractivity contribution < 1.29 is 14.3 Å². The summed E-state index contributed by atoms with van der Waals surface area (Å²) in [5.74, 6) is 0.186. The third kappa shape index (κ3) is 5.65. The predicted octanol–water partition coefficient (Wildman–Crippen LogP) is 3.69. The maximum atomic E-state index is 12.7. The largest absolute Gasteiger partial charge is 0.462 e. The molecule has 3 N–H and O–H groups in total. The number of carbonyl (C=O) groups is 2. The number of aryl methyl sites for hydroxylation is 2. The number of aromatic nitrogens is 3. The molecule has 0 fully saturated rings. The lowest BCUT2D eigenvalue weighted by Crippen LogP contribution is -2.21. The van der Waals surface area contributed by atoms with E-state index in [0.29, 0.717) is 15.7 Å². The number of hydrogen-bond acceptors (Lipinski definition) is 8. The Morgan fingerprint density at radius 3 is 2.68 bits per heavy atom. The first-order valence-corrected chi connectivity index (χ1v) is 11.6. The molecule has 0 aliphatic carbocycles. The van der Waals surface area contributed by atoms with Crippen molar-refractivity contribution in [2.45, 2.75) is 38.9 Å². The number of nitrogens with two attached hydrogens (primary N) is 1. The lowest BCUT2D eigenvalue weighted by atomic mass is 10.1. The molecule has 0 bridgehead atoms. The number of anilines is 2. The highest BCUT2D eigenvalue weighted by Crippen LogP contribution is 2.33. The summed E-state index contributed by atoms with van der Waals surface area (Å²) >= 11 is 2.84. The van der Waals surface area contributed by atoms with Crippen LogP contribution in [0.5, 0.6) is 0 Å². The summed E-state index contributed by atoms with van der Waals surface area (Å²) in [4.78, 5) is 26.0. The van der Waals surface area contributed by atoms with Crippen molar-refractivity contribution in [3.63, 3.8) is 0 Å². The number of nitrogens with zero attached hydrogens (tertiary/aromatic N) is 3. The summed E-state index contributed by atoms with van der Waals surface area (Å²) < 4.78 is 6.71. The molecule has 10 heteroatoms. The van der Waals surface area contributed by atoms with Crippen molar-refractivity contribution in [3.05, 3.63) is 51.9 Å². The fourth-order valence-electron chi connectivity index (χ4n) is 2.93. The number of amides is 1. The number of thiophene rings is 1. The van der Waals surface area contributed by atoms with Crippen molar-refractivity contribution in [1.82, 2.24) is 14.8 Å². The second-order valence-corrected chi connectivity index (χ2v) is 9.05. The third-order valence-corrected chi connectivity index (χ3v) is 6.72. The number of rotatable bonds is 9. The molecule has 0 unspecified atom stereocenters. The molecule has 2 aromatic heterocycles.